The maximum absolute atomic E-state index is 11.4. The van der Waals surface area contributed by atoms with Crippen LogP contribution >= 0.6 is 34.8 Å². The van der Waals surface area contributed by atoms with Crippen LogP contribution in [0, 0.1) is 0 Å². The number of benzene rings is 1. The molecule has 0 saturated heterocycles. The zero-order valence-corrected chi connectivity index (χ0v) is 10.3. The van der Waals surface area contributed by atoms with Gasteiger partial charge >= 0.3 is 0 Å². The average molecular weight is 264 g/mol. The van der Waals surface area contributed by atoms with Crippen molar-refractivity contribution in [3.8, 4) is 0 Å². The molecule has 1 aromatic rings. The lowest BCUT2D eigenvalue weighted by Crippen LogP contribution is -2.16. The van der Waals surface area contributed by atoms with Crippen molar-refractivity contribution in [2.45, 2.75) is 10.7 Å². The zero-order valence-electron chi connectivity index (χ0n) is 8.01. The first-order valence-electron chi connectivity index (χ1n) is 4.26. The molecule has 0 saturated carbocycles. The predicted octanol–water partition coefficient (Wildman–Crippen LogP) is 4.03. The molecule has 80 valence electrons. The van der Waals surface area contributed by atoms with Crippen LogP contribution in [0.5, 0.6) is 0 Å². The minimum atomic E-state index is -1.88. The molecular weight excluding hydrogens is 254 g/mol. The number of allylic oxidation sites excluding steroid dienone is 2. The molecule has 0 fully saturated rings. The molecule has 0 aliphatic rings. The van der Waals surface area contributed by atoms with Gasteiger partial charge in [-0.25, -0.2) is 0 Å². The van der Waals surface area contributed by atoms with Crippen molar-refractivity contribution in [3.63, 3.8) is 0 Å². The van der Waals surface area contributed by atoms with E-state index in [1.807, 2.05) is 30.3 Å². The van der Waals surface area contributed by atoms with Crippen LogP contribution in [0.25, 0.3) is 5.57 Å². The van der Waals surface area contributed by atoms with Crippen molar-refractivity contribution in [1.29, 1.82) is 0 Å². The fourth-order valence-corrected chi connectivity index (χ4v) is 1.23. The highest BCUT2D eigenvalue weighted by atomic mass is 35.6. The molecular formula is C11H9Cl3O. The topological polar surface area (TPSA) is 17.1 Å². The minimum absolute atomic E-state index is 0.533. The molecule has 0 radical (unpaired) electrons. The van der Waals surface area contributed by atoms with E-state index in [9.17, 15) is 4.79 Å². The summed E-state index contributed by atoms with van der Waals surface area (Å²) < 4.78 is -1.88. The molecule has 0 spiro atoms. The molecule has 1 nitrogen and oxygen atoms in total. The molecule has 1 aromatic carbocycles. The second-order valence-corrected chi connectivity index (χ2v) is 5.34. The van der Waals surface area contributed by atoms with Gasteiger partial charge in [0.15, 0.2) is 0 Å². The molecule has 0 aromatic heterocycles. The monoisotopic (exact) mass is 262 g/mol. The molecule has 0 atom stereocenters. The molecule has 0 bridgehead atoms. The molecule has 1 rings (SSSR count). The third-order valence-electron chi connectivity index (χ3n) is 1.86. The summed E-state index contributed by atoms with van der Waals surface area (Å²) in [5.74, 6) is -0.533. The van der Waals surface area contributed by atoms with E-state index in [0.29, 0.717) is 0 Å². The van der Waals surface area contributed by atoms with E-state index in [0.717, 1.165) is 11.1 Å². The van der Waals surface area contributed by atoms with Crippen LogP contribution in [0.4, 0.5) is 0 Å². The maximum atomic E-state index is 11.4. The lowest BCUT2D eigenvalue weighted by atomic mass is 10.1. The summed E-state index contributed by atoms with van der Waals surface area (Å²) in [6.07, 6.45) is 1.34. The zero-order chi connectivity index (χ0) is 11.5. The van der Waals surface area contributed by atoms with Crippen molar-refractivity contribution in [2.24, 2.45) is 0 Å². The van der Waals surface area contributed by atoms with Crippen LogP contribution in [0.2, 0.25) is 0 Å². The van der Waals surface area contributed by atoms with Crippen LogP contribution in [-0.4, -0.2) is 9.58 Å². The first-order valence-corrected chi connectivity index (χ1v) is 5.39. The van der Waals surface area contributed by atoms with Gasteiger partial charge in [-0.2, -0.15) is 0 Å². The summed E-state index contributed by atoms with van der Waals surface area (Å²) in [4.78, 5) is 11.4. The van der Waals surface area contributed by atoms with Gasteiger partial charge in [0.1, 0.15) is 0 Å². The van der Waals surface area contributed by atoms with Crippen LogP contribution in [-0.2, 0) is 4.79 Å². The molecule has 4 heteroatoms. The van der Waals surface area contributed by atoms with Crippen molar-refractivity contribution < 1.29 is 4.79 Å². The van der Waals surface area contributed by atoms with Gasteiger partial charge in [-0.1, -0.05) is 65.1 Å². The number of rotatable bonds is 2. The van der Waals surface area contributed by atoms with Crippen molar-refractivity contribution in [1.82, 2.24) is 0 Å². The standard InChI is InChI=1S/C11H9Cl3O/c1-8(7-10(15)11(12,13)14)9-5-3-2-4-6-9/h2-7H,1H3. The van der Waals surface area contributed by atoms with Crippen LogP contribution in [0.15, 0.2) is 36.4 Å². The molecule has 0 amide bonds. The normalized spacial score (nSPS) is 12.7. The second kappa shape index (κ2) is 5.02. The predicted molar refractivity (Wildman–Crippen MR) is 65.4 cm³/mol. The van der Waals surface area contributed by atoms with Gasteiger partial charge in [-0.15, -0.1) is 0 Å². The van der Waals surface area contributed by atoms with Gasteiger partial charge in [0.2, 0.25) is 5.78 Å². The van der Waals surface area contributed by atoms with Crippen LogP contribution < -0.4 is 0 Å². The fourth-order valence-electron chi connectivity index (χ4n) is 1.06. The van der Waals surface area contributed by atoms with E-state index < -0.39 is 9.58 Å². The summed E-state index contributed by atoms with van der Waals surface area (Å²) in [7, 11) is 0. The van der Waals surface area contributed by atoms with E-state index in [1.54, 1.807) is 6.92 Å². The van der Waals surface area contributed by atoms with Crippen LogP contribution in [0.1, 0.15) is 12.5 Å². The quantitative estimate of drug-likeness (QED) is 0.581. The SMILES string of the molecule is CC(=CC(=O)C(Cl)(Cl)Cl)c1ccccc1. The molecule has 0 unspecified atom stereocenters. The van der Waals surface area contributed by atoms with Gasteiger partial charge in [0.25, 0.3) is 3.79 Å². The van der Waals surface area contributed by atoms with Gasteiger partial charge < -0.3 is 0 Å². The van der Waals surface area contributed by atoms with Gasteiger partial charge in [-0.3, -0.25) is 4.79 Å². The highest BCUT2D eigenvalue weighted by Gasteiger charge is 2.28. The molecule has 0 aliphatic carbocycles. The first kappa shape index (κ1) is 12.6. The Morgan fingerprint density at radius 3 is 2.20 bits per heavy atom. The van der Waals surface area contributed by atoms with E-state index in [1.165, 1.54) is 6.08 Å². The van der Waals surface area contributed by atoms with Gasteiger partial charge in [0, 0.05) is 0 Å². The highest BCUT2D eigenvalue weighted by Crippen LogP contribution is 2.28. The number of hydrogen-bond acceptors (Lipinski definition) is 1. The summed E-state index contributed by atoms with van der Waals surface area (Å²) in [5, 5.41) is 0. The molecule has 0 heterocycles. The average Bonchev–Trinajstić information content (AvgIpc) is 2.17. The van der Waals surface area contributed by atoms with E-state index >= 15 is 0 Å². The molecule has 0 aliphatic heterocycles. The Bertz CT molecular complexity index is 377. The highest BCUT2D eigenvalue weighted by molar-refractivity contribution is 6.77. The summed E-state index contributed by atoms with van der Waals surface area (Å²) in [6, 6.07) is 9.43. The Labute approximate surface area is 104 Å². The number of hydrogen-bond donors (Lipinski definition) is 0. The second-order valence-electron chi connectivity index (χ2n) is 3.06. The molecule has 0 N–H and O–H groups in total. The lowest BCUT2D eigenvalue weighted by molar-refractivity contribution is -0.113. The summed E-state index contributed by atoms with van der Waals surface area (Å²) >= 11 is 16.4. The van der Waals surface area contributed by atoms with Crippen molar-refractivity contribution in [3.05, 3.63) is 42.0 Å². The Balaban J connectivity index is 2.91. The smallest absolute Gasteiger partial charge is 0.252 e. The fraction of sp³-hybridized carbons (Fsp3) is 0.182. The maximum Gasteiger partial charge on any atom is 0.252 e. The van der Waals surface area contributed by atoms with Gasteiger partial charge in [0.05, 0.1) is 0 Å². The van der Waals surface area contributed by atoms with E-state index in [-0.39, 0.29) is 0 Å². The molecule has 15 heavy (non-hydrogen) atoms. The number of carbonyl (C=O) groups excluding carboxylic acids is 1. The van der Waals surface area contributed by atoms with Crippen LogP contribution in [0.3, 0.4) is 0 Å². The minimum Gasteiger partial charge on any atom is -0.290 e. The number of carbonyl (C=O) groups is 1. The Kier molecular flexibility index (Phi) is 4.21. The third kappa shape index (κ3) is 3.86. The van der Waals surface area contributed by atoms with Crippen molar-refractivity contribution >= 4 is 46.2 Å². The number of alkyl halides is 3. The Morgan fingerprint density at radius 1 is 1.20 bits per heavy atom. The Hall–Kier alpha value is -0.500. The largest absolute Gasteiger partial charge is 0.290 e. The van der Waals surface area contributed by atoms with E-state index in [4.69, 9.17) is 34.8 Å². The van der Waals surface area contributed by atoms with Crippen molar-refractivity contribution in [2.75, 3.05) is 0 Å². The number of halogens is 3. The number of ketones is 1. The first-order chi connectivity index (χ1) is 6.91. The third-order valence-corrected chi connectivity index (χ3v) is 2.41. The summed E-state index contributed by atoms with van der Waals surface area (Å²) in [5.41, 5.74) is 1.70. The van der Waals surface area contributed by atoms with Gasteiger partial charge in [-0.05, 0) is 24.1 Å². The van der Waals surface area contributed by atoms with E-state index in [2.05, 4.69) is 0 Å². The lowest BCUT2D eigenvalue weighted by Gasteiger charge is -2.07. The Morgan fingerprint density at radius 2 is 1.73 bits per heavy atom. The summed E-state index contributed by atoms with van der Waals surface area (Å²) in [6.45, 7) is 1.80.